The molecule has 0 atom stereocenters. The molecule has 0 aliphatic heterocycles. The molecule has 6 heteroatoms. The lowest BCUT2D eigenvalue weighted by Gasteiger charge is -2.12. The predicted octanol–water partition coefficient (Wildman–Crippen LogP) is 3.07. The average Bonchev–Trinajstić information content (AvgIpc) is 3.01. The molecular weight excluding hydrogens is 320 g/mol. The van der Waals surface area contributed by atoms with Gasteiger partial charge in [0.1, 0.15) is 17.4 Å². The number of rotatable bonds is 7. The Labute approximate surface area is 148 Å². The number of aromatic nitrogens is 1. The van der Waals surface area contributed by atoms with Crippen molar-refractivity contribution < 1.29 is 4.74 Å². The van der Waals surface area contributed by atoms with Crippen LogP contribution in [0.3, 0.4) is 0 Å². The summed E-state index contributed by atoms with van der Waals surface area (Å²) >= 11 is 1.73. The van der Waals surface area contributed by atoms with E-state index in [4.69, 9.17) is 4.74 Å². The lowest BCUT2D eigenvalue weighted by molar-refractivity contribution is 0.321. The van der Waals surface area contributed by atoms with Crippen molar-refractivity contribution in [3.8, 4) is 5.75 Å². The van der Waals surface area contributed by atoms with Crippen LogP contribution >= 0.6 is 11.3 Å². The lowest BCUT2D eigenvalue weighted by atomic mass is 10.1. The monoisotopic (exact) mass is 346 g/mol. The Bertz CT molecular complexity index is 661. The van der Waals surface area contributed by atoms with Crippen molar-refractivity contribution in [1.29, 1.82) is 0 Å². The minimum Gasteiger partial charge on any atom is -0.492 e. The molecule has 0 radical (unpaired) electrons. The molecule has 0 amide bonds. The van der Waals surface area contributed by atoms with E-state index in [1.54, 1.807) is 18.4 Å². The third-order valence-electron chi connectivity index (χ3n) is 3.44. The van der Waals surface area contributed by atoms with E-state index in [9.17, 15) is 0 Å². The summed E-state index contributed by atoms with van der Waals surface area (Å²) in [5.41, 5.74) is 2.43. The fraction of sp³-hybridized carbons (Fsp3) is 0.444. The van der Waals surface area contributed by atoms with Crippen LogP contribution in [-0.4, -0.2) is 31.1 Å². The fourth-order valence-corrected chi connectivity index (χ4v) is 3.13. The average molecular weight is 347 g/mol. The van der Waals surface area contributed by atoms with Crippen molar-refractivity contribution in [3.63, 3.8) is 0 Å². The predicted molar refractivity (Wildman–Crippen MR) is 101 cm³/mol. The van der Waals surface area contributed by atoms with Gasteiger partial charge in [-0.2, -0.15) is 0 Å². The topological polar surface area (TPSA) is 58.5 Å². The molecule has 1 aromatic carbocycles. The van der Waals surface area contributed by atoms with Crippen LogP contribution in [0.5, 0.6) is 5.75 Å². The first-order chi connectivity index (χ1) is 11.6. The third-order valence-corrected chi connectivity index (χ3v) is 4.58. The highest BCUT2D eigenvalue weighted by Gasteiger charge is 2.03. The maximum Gasteiger partial charge on any atom is 0.191 e. The lowest BCUT2D eigenvalue weighted by Crippen LogP contribution is -2.38. The Morgan fingerprint density at radius 2 is 1.96 bits per heavy atom. The molecule has 0 aliphatic rings. The number of nitrogens with one attached hydrogen (secondary N) is 2. The molecule has 24 heavy (non-hydrogen) atoms. The number of aliphatic imine (C=N–C) groups is 1. The van der Waals surface area contributed by atoms with Crippen LogP contribution in [0.4, 0.5) is 0 Å². The van der Waals surface area contributed by atoms with Crippen molar-refractivity contribution in [2.75, 3.05) is 20.2 Å². The van der Waals surface area contributed by atoms with Gasteiger partial charge in [0, 0.05) is 18.1 Å². The zero-order chi connectivity index (χ0) is 17.4. The van der Waals surface area contributed by atoms with E-state index in [0.717, 1.165) is 23.1 Å². The van der Waals surface area contributed by atoms with E-state index in [1.165, 1.54) is 16.0 Å². The molecule has 1 aromatic heterocycles. The molecular formula is C18H26N4OS. The molecule has 130 valence electrons. The molecule has 0 saturated carbocycles. The SMILES string of the molecule is CCc1cnc(CNC(=NC)NCCOc2cc(C)cc(C)c2)s1. The van der Waals surface area contributed by atoms with Gasteiger partial charge in [0.2, 0.25) is 0 Å². The largest absolute Gasteiger partial charge is 0.492 e. The second-order valence-corrected chi connectivity index (χ2v) is 6.80. The molecule has 0 bridgehead atoms. The standard InChI is InChI=1S/C18H26N4OS/c1-5-16-11-21-17(24-16)12-22-18(19-4)20-6-7-23-15-9-13(2)8-14(3)10-15/h8-11H,5-7,12H2,1-4H3,(H2,19,20,22). The van der Waals surface area contributed by atoms with E-state index >= 15 is 0 Å². The van der Waals surface area contributed by atoms with Gasteiger partial charge < -0.3 is 15.4 Å². The molecule has 5 nitrogen and oxygen atoms in total. The summed E-state index contributed by atoms with van der Waals surface area (Å²) in [5.74, 6) is 1.67. The smallest absolute Gasteiger partial charge is 0.191 e. The Hall–Kier alpha value is -2.08. The first-order valence-corrected chi connectivity index (χ1v) is 9.01. The number of aryl methyl sites for hydroxylation is 3. The van der Waals surface area contributed by atoms with Crippen molar-refractivity contribution in [1.82, 2.24) is 15.6 Å². The van der Waals surface area contributed by atoms with E-state index in [-0.39, 0.29) is 0 Å². The van der Waals surface area contributed by atoms with E-state index < -0.39 is 0 Å². The number of thiazole rings is 1. The summed E-state index contributed by atoms with van der Waals surface area (Å²) in [6, 6.07) is 6.24. The maximum absolute atomic E-state index is 5.79. The third kappa shape index (κ3) is 5.85. The molecule has 2 rings (SSSR count). The normalized spacial score (nSPS) is 11.4. The number of ether oxygens (including phenoxy) is 1. The first-order valence-electron chi connectivity index (χ1n) is 8.20. The Kier molecular flexibility index (Phi) is 7.06. The van der Waals surface area contributed by atoms with Crippen LogP contribution < -0.4 is 15.4 Å². The Morgan fingerprint density at radius 1 is 1.21 bits per heavy atom. The van der Waals surface area contributed by atoms with Gasteiger partial charge in [0.15, 0.2) is 5.96 Å². The van der Waals surface area contributed by atoms with Gasteiger partial charge in [-0.05, 0) is 43.5 Å². The summed E-state index contributed by atoms with van der Waals surface area (Å²) in [6.07, 6.45) is 2.97. The maximum atomic E-state index is 5.79. The highest BCUT2D eigenvalue weighted by atomic mass is 32.1. The zero-order valence-electron chi connectivity index (χ0n) is 14.8. The quantitative estimate of drug-likeness (QED) is 0.460. The summed E-state index contributed by atoms with van der Waals surface area (Å²) < 4.78 is 5.79. The van der Waals surface area contributed by atoms with Crippen molar-refractivity contribution >= 4 is 17.3 Å². The van der Waals surface area contributed by atoms with Gasteiger partial charge in [0.05, 0.1) is 13.1 Å². The van der Waals surface area contributed by atoms with Crippen LogP contribution in [0.1, 0.15) is 27.9 Å². The summed E-state index contributed by atoms with van der Waals surface area (Å²) in [4.78, 5) is 9.92. The number of nitrogens with zero attached hydrogens (tertiary/aromatic N) is 2. The van der Waals surface area contributed by atoms with Crippen LogP contribution in [0.25, 0.3) is 0 Å². The molecule has 0 aliphatic carbocycles. The molecule has 1 heterocycles. The minimum atomic E-state index is 0.584. The first kappa shape index (κ1) is 18.3. The second-order valence-electron chi connectivity index (χ2n) is 5.60. The highest BCUT2D eigenvalue weighted by Crippen LogP contribution is 2.16. The Morgan fingerprint density at radius 3 is 2.58 bits per heavy atom. The van der Waals surface area contributed by atoms with Crippen LogP contribution in [0, 0.1) is 13.8 Å². The van der Waals surface area contributed by atoms with Crippen LogP contribution in [0.2, 0.25) is 0 Å². The minimum absolute atomic E-state index is 0.584. The fourth-order valence-electron chi connectivity index (χ4n) is 2.33. The van der Waals surface area contributed by atoms with Crippen molar-refractivity contribution in [2.24, 2.45) is 4.99 Å². The van der Waals surface area contributed by atoms with Gasteiger partial charge in [-0.15, -0.1) is 11.3 Å². The number of benzene rings is 1. The molecule has 0 spiro atoms. The Balaban J connectivity index is 1.71. The molecule has 0 fully saturated rings. The molecule has 2 aromatic rings. The molecule has 2 N–H and O–H groups in total. The van der Waals surface area contributed by atoms with Gasteiger partial charge >= 0.3 is 0 Å². The molecule has 0 saturated heterocycles. The van der Waals surface area contributed by atoms with E-state index in [1.807, 2.05) is 18.3 Å². The van der Waals surface area contributed by atoms with Gasteiger partial charge in [-0.3, -0.25) is 4.99 Å². The van der Waals surface area contributed by atoms with Gasteiger partial charge in [0.25, 0.3) is 0 Å². The van der Waals surface area contributed by atoms with E-state index in [2.05, 4.69) is 47.4 Å². The van der Waals surface area contributed by atoms with Gasteiger partial charge in [-0.1, -0.05) is 13.0 Å². The highest BCUT2D eigenvalue weighted by molar-refractivity contribution is 7.11. The zero-order valence-corrected chi connectivity index (χ0v) is 15.7. The summed E-state index contributed by atoms with van der Waals surface area (Å²) in [5, 5.41) is 7.59. The summed E-state index contributed by atoms with van der Waals surface area (Å²) in [7, 11) is 1.76. The van der Waals surface area contributed by atoms with Crippen molar-refractivity contribution in [3.05, 3.63) is 45.4 Å². The number of hydrogen-bond acceptors (Lipinski definition) is 4. The second kappa shape index (κ2) is 9.27. The number of hydrogen-bond donors (Lipinski definition) is 2. The molecule has 0 unspecified atom stereocenters. The summed E-state index contributed by atoms with van der Waals surface area (Å²) in [6.45, 7) is 8.24. The van der Waals surface area contributed by atoms with Crippen LogP contribution in [0.15, 0.2) is 29.4 Å². The van der Waals surface area contributed by atoms with Crippen molar-refractivity contribution in [2.45, 2.75) is 33.7 Å². The van der Waals surface area contributed by atoms with Crippen LogP contribution in [-0.2, 0) is 13.0 Å². The van der Waals surface area contributed by atoms with E-state index in [0.29, 0.717) is 19.7 Å². The number of guanidine groups is 1. The van der Waals surface area contributed by atoms with Gasteiger partial charge in [-0.25, -0.2) is 4.98 Å².